The summed E-state index contributed by atoms with van der Waals surface area (Å²) in [5.41, 5.74) is 4.19. The molecule has 162 valence electrons. The molecule has 0 aromatic heterocycles. The number of carbonyl (C=O) groups excluding carboxylic acids is 2. The summed E-state index contributed by atoms with van der Waals surface area (Å²) >= 11 is 0. The van der Waals surface area contributed by atoms with Crippen molar-refractivity contribution in [1.29, 1.82) is 0 Å². The number of aryl methyl sites for hydroxylation is 1. The number of rotatable bonds is 8. The Hall–Kier alpha value is -3.66. The fourth-order valence-electron chi connectivity index (χ4n) is 4.34. The fourth-order valence-corrected chi connectivity index (χ4v) is 4.34. The number of benzene rings is 3. The molecule has 32 heavy (non-hydrogen) atoms. The van der Waals surface area contributed by atoms with Crippen molar-refractivity contribution >= 4 is 23.6 Å². The Morgan fingerprint density at radius 3 is 2.41 bits per heavy atom. The van der Waals surface area contributed by atoms with Gasteiger partial charge in [0, 0.05) is 11.8 Å². The molecule has 1 amide bonds. The molecule has 0 aliphatic carbocycles. The molecule has 4 heteroatoms. The lowest BCUT2D eigenvalue weighted by Crippen LogP contribution is -2.55. The van der Waals surface area contributed by atoms with E-state index in [2.05, 4.69) is 36.4 Å². The van der Waals surface area contributed by atoms with E-state index in [-0.39, 0.29) is 23.8 Å². The molecule has 1 aliphatic rings. The van der Waals surface area contributed by atoms with E-state index in [1.807, 2.05) is 53.4 Å². The van der Waals surface area contributed by atoms with Crippen molar-refractivity contribution in [3.8, 4) is 0 Å². The third-order valence-electron chi connectivity index (χ3n) is 5.94. The number of β-lactam (4-membered cyclic amide) rings is 1. The number of methoxy groups -OCH3 is 1. The van der Waals surface area contributed by atoms with Gasteiger partial charge in [-0.25, -0.2) is 4.79 Å². The lowest BCUT2D eigenvalue weighted by atomic mass is 9.78. The molecule has 0 radical (unpaired) electrons. The summed E-state index contributed by atoms with van der Waals surface area (Å²) in [5.74, 6) is -0.276. The highest BCUT2D eigenvalue weighted by Gasteiger charge is 2.48. The maximum Gasteiger partial charge on any atom is 0.330 e. The van der Waals surface area contributed by atoms with E-state index in [9.17, 15) is 9.59 Å². The highest BCUT2D eigenvalue weighted by Crippen LogP contribution is 2.45. The molecule has 0 spiro atoms. The van der Waals surface area contributed by atoms with Crippen LogP contribution in [0.4, 0.5) is 5.69 Å². The highest BCUT2D eigenvalue weighted by atomic mass is 16.5. The highest BCUT2D eigenvalue weighted by molar-refractivity contribution is 6.03. The molecule has 1 fully saturated rings. The first kappa shape index (κ1) is 21.6. The largest absolute Gasteiger partial charge is 0.466 e. The quantitative estimate of drug-likeness (QED) is 0.268. The first-order valence-corrected chi connectivity index (χ1v) is 11.0. The Balaban J connectivity index is 1.56. The van der Waals surface area contributed by atoms with E-state index in [4.69, 9.17) is 4.74 Å². The van der Waals surface area contributed by atoms with E-state index in [0.29, 0.717) is 0 Å². The SMILES string of the molecule is COC(=O)C=Cc1cccc([C@H]2[C@H](CCCc3ccccc3)C(=O)N2c2ccccc2)c1. The third kappa shape index (κ3) is 4.80. The van der Waals surface area contributed by atoms with Crippen molar-refractivity contribution in [3.63, 3.8) is 0 Å². The average Bonchev–Trinajstić information content (AvgIpc) is 2.84. The standard InChI is InChI=1S/C28H27NO3/c1-32-26(30)19-18-22-13-8-14-23(20-22)27-25(17-9-12-21-10-4-2-5-11-21)28(31)29(27)24-15-6-3-7-16-24/h2-8,10-11,13-16,18-20,25,27H,9,12,17H2,1H3/t25-,27-/m0/s1. The summed E-state index contributed by atoms with van der Waals surface area (Å²) in [7, 11) is 1.36. The number of nitrogens with zero attached hydrogens (tertiary/aromatic N) is 1. The van der Waals surface area contributed by atoms with E-state index < -0.39 is 0 Å². The van der Waals surface area contributed by atoms with Crippen molar-refractivity contribution in [2.75, 3.05) is 12.0 Å². The Kier molecular flexibility index (Phi) is 6.81. The van der Waals surface area contributed by atoms with Gasteiger partial charge in [0.2, 0.25) is 5.91 Å². The van der Waals surface area contributed by atoms with Gasteiger partial charge in [-0.15, -0.1) is 0 Å². The first-order chi connectivity index (χ1) is 15.7. The number of para-hydroxylation sites is 1. The molecule has 0 N–H and O–H groups in total. The first-order valence-electron chi connectivity index (χ1n) is 11.0. The van der Waals surface area contributed by atoms with Gasteiger partial charge < -0.3 is 9.64 Å². The van der Waals surface area contributed by atoms with Crippen LogP contribution >= 0.6 is 0 Å². The van der Waals surface area contributed by atoms with Gasteiger partial charge in [0.15, 0.2) is 0 Å². The van der Waals surface area contributed by atoms with Gasteiger partial charge in [0.05, 0.1) is 19.1 Å². The second-order valence-corrected chi connectivity index (χ2v) is 8.00. The zero-order valence-electron chi connectivity index (χ0n) is 18.2. The molecule has 3 aromatic rings. The zero-order valence-corrected chi connectivity index (χ0v) is 18.2. The number of ether oxygens (including phenoxy) is 1. The van der Waals surface area contributed by atoms with Crippen molar-refractivity contribution < 1.29 is 14.3 Å². The minimum Gasteiger partial charge on any atom is -0.466 e. The smallest absolute Gasteiger partial charge is 0.330 e. The molecule has 0 unspecified atom stereocenters. The summed E-state index contributed by atoms with van der Waals surface area (Å²) in [6.07, 6.45) is 5.92. The van der Waals surface area contributed by atoms with Crippen LogP contribution in [0.25, 0.3) is 6.08 Å². The molecule has 1 heterocycles. The summed E-state index contributed by atoms with van der Waals surface area (Å²) in [4.78, 5) is 26.6. The van der Waals surface area contributed by atoms with Crippen LogP contribution in [0.5, 0.6) is 0 Å². The Bertz CT molecular complexity index is 1090. The van der Waals surface area contributed by atoms with Crippen molar-refractivity contribution in [1.82, 2.24) is 0 Å². The topological polar surface area (TPSA) is 46.6 Å². The lowest BCUT2D eigenvalue weighted by Gasteiger charge is -2.48. The Morgan fingerprint density at radius 1 is 0.969 bits per heavy atom. The van der Waals surface area contributed by atoms with Gasteiger partial charge in [0.1, 0.15) is 0 Å². The Morgan fingerprint density at radius 2 is 1.69 bits per heavy atom. The van der Waals surface area contributed by atoms with Gasteiger partial charge in [-0.2, -0.15) is 0 Å². The van der Waals surface area contributed by atoms with E-state index >= 15 is 0 Å². The van der Waals surface area contributed by atoms with Crippen LogP contribution in [0.3, 0.4) is 0 Å². The number of anilines is 1. The summed E-state index contributed by atoms with van der Waals surface area (Å²) in [6, 6.07) is 28.2. The second kappa shape index (κ2) is 10.1. The zero-order chi connectivity index (χ0) is 22.3. The molecule has 1 aliphatic heterocycles. The van der Waals surface area contributed by atoms with Crippen LogP contribution in [-0.2, 0) is 20.7 Å². The molecule has 1 saturated heterocycles. The van der Waals surface area contributed by atoms with E-state index in [0.717, 1.165) is 36.1 Å². The van der Waals surface area contributed by atoms with E-state index in [1.54, 1.807) is 6.08 Å². The van der Waals surface area contributed by atoms with E-state index in [1.165, 1.54) is 18.7 Å². The molecule has 3 aromatic carbocycles. The van der Waals surface area contributed by atoms with Crippen LogP contribution in [0.15, 0.2) is 91.0 Å². The fraction of sp³-hybridized carbons (Fsp3) is 0.214. The lowest BCUT2D eigenvalue weighted by molar-refractivity contribution is -0.134. The van der Waals surface area contributed by atoms with Crippen LogP contribution in [-0.4, -0.2) is 19.0 Å². The minimum atomic E-state index is -0.390. The summed E-state index contributed by atoms with van der Waals surface area (Å²) in [6.45, 7) is 0. The van der Waals surface area contributed by atoms with Crippen molar-refractivity contribution in [2.45, 2.75) is 25.3 Å². The van der Waals surface area contributed by atoms with Crippen molar-refractivity contribution in [3.05, 3.63) is 108 Å². The minimum absolute atomic E-state index is 0.0212. The molecule has 4 nitrogen and oxygen atoms in total. The number of amides is 1. The number of carbonyl (C=O) groups is 2. The average molecular weight is 426 g/mol. The van der Waals surface area contributed by atoms with Gasteiger partial charge >= 0.3 is 5.97 Å². The summed E-state index contributed by atoms with van der Waals surface area (Å²) < 4.78 is 4.69. The molecule has 4 rings (SSSR count). The van der Waals surface area contributed by atoms with Gasteiger partial charge in [-0.1, -0.05) is 66.7 Å². The van der Waals surface area contributed by atoms with Crippen molar-refractivity contribution in [2.24, 2.45) is 5.92 Å². The van der Waals surface area contributed by atoms with Crippen LogP contribution < -0.4 is 4.90 Å². The van der Waals surface area contributed by atoms with Crippen LogP contribution in [0.2, 0.25) is 0 Å². The van der Waals surface area contributed by atoms with Crippen LogP contribution in [0.1, 0.15) is 35.6 Å². The summed E-state index contributed by atoms with van der Waals surface area (Å²) in [5, 5.41) is 0. The predicted octanol–water partition coefficient (Wildman–Crippen LogP) is 5.60. The third-order valence-corrected chi connectivity index (χ3v) is 5.94. The molecule has 2 atom stereocenters. The number of hydrogen-bond donors (Lipinski definition) is 0. The molecular formula is C28H27NO3. The van der Waals surface area contributed by atoms with Crippen LogP contribution in [0, 0.1) is 5.92 Å². The maximum atomic E-state index is 13.2. The van der Waals surface area contributed by atoms with Gasteiger partial charge in [-0.05, 0) is 60.2 Å². The predicted molar refractivity (Wildman–Crippen MR) is 127 cm³/mol. The molecular weight excluding hydrogens is 398 g/mol. The molecule has 0 saturated carbocycles. The number of esters is 1. The normalized spacial score (nSPS) is 17.9. The molecule has 0 bridgehead atoms. The second-order valence-electron chi connectivity index (χ2n) is 8.00. The Labute approximate surface area is 189 Å². The monoisotopic (exact) mass is 425 g/mol. The number of hydrogen-bond acceptors (Lipinski definition) is 3. The maximum absolute atomic E-state index is 13.2. The van der Waals surface area contributed by atoms with Gasteiger partial charge in [0.25, 0.3) is 0 Å². The van der Waals surface area contributed by atoms with Gasteiger partial charge in [-0.3, -0.25) is 4.79 Å².